The first-order chi connectivity index (χ1) is 36.5. The number of ether oxygens (including phenoxy) is 3. The van der Waals surface area contributed by atoms with Gasteiger partial charge in [-0.15, -0.1) is 0 Å². The molecule has 1 atom stereocenters. The first kappa shape index (κ1) is 70.6. The SMILES string of the molecule is CC/C=C\C/C=C\C/C=C\C/C=C\C/C=C\C/C=C\CCC(=O)OC(COC(=O)CCCCCCC/C=C\CCC)COC(=O)CCCCCCCCCCCCCCCCCCCCCCCCCCCCC. The maximum absolute atomic E-state index is 12.8. The Morgan fingerprint density at radius 2 is 0.581 bits per heavy atom. The first-order valence-corrected chi connectivity index (χ1v) is 31.6. The highest BCUT2D eigenvalue weighted by Crippen LogP contribution is 2.17. The minimum atomic E-state index is -0.819. The molecule has 0 spiro atoms. The van der Waals surface area contributed by atoms with E-state index in [0.29, 0.717) is 19.3 Å². The molecule has 0 heterocycles. The van der Waals surface area contributed by atoms with Crippen molar-refractivity contribution < 1.29 is 28.6 Å². The normalized spacial score (nSPS) is 12.6. The Morgan fingerprint density at radius 3 is 0.932 bits per heavy atom. The summed E-state index contributed by atoms with van der Waals surface area (Å²) < 4.78 is 16.8. The third kappa shape index (κ3) is 59.5. The monoisotopic (exact) mass is 1030 g/mol. The van der Waals surface area contributed by atoms with Crippen LogP contribution in [0.15, 0.2) is 85.1 Å². The molecule has 426 valence electrons. The van der Waals surface area contributed by atoms with Crippen LogP contribution in [-0.4, -0.2) is 37.2 Å². The fraction of sp³-hybridized carbons (Fsp3) is 0.750. The highest BCUT2D eigenvalue weighted by atomic mass is 16.6. The lowest BCUT2D eigenvalue weighted by atomic mass is 10.0. The average Bonchev–Trinajstić information content (AvgIpc) is 3.40. The van der Waals surface area contributed by atoms with Crippen LogP contribution in [0.5, 0.6) is 0 Å². The van der Waals surface area contributed by atoms with Gasteiger partial charge in [-0.25, -0.2) is 0 Å². The Bertz CT molecular complexity index is 1420. The summed E-state index contributed by atoms with van der Waals surface area (Å²) in [5, 5.41) is 0. The molecule has 1 unspecified atom stereocenters. The molecule has 0 fully saturated rings. The summed E-state index contributed by atoms with van der Waals surface area (Å²) in [6.07, 6.45) is 82.0. The molecule has 6 nitrogen and oxygen atoms in total. The molecule has 0 radical (unpaired) electrons. The van der Waals surface area contributed by atoms with Gasteiger partial charge in [0.2, 0.25) is 0 Å². The van der Waals surface area contributed by atoms with Crippen molar-refractivity contribution in [3.63, 3.8) is 0 Å². The number of hydrogen-bond acceptors (Lipinski definition) is 6. The van der Waals surface area contributed by atoms with Crippen LogP contribution in [0.1, 0.15) is 310 Å². The molecule has 0 bridgehead atoms. The predicted molar refractivity (Wildman–Crippen MR) is 321 cm³/mol. The fourth-order valence-corrected chi connectivity index (χ4v) is 8.94. The van der Waals surface area contributed by atoms with Crippen molar-refractivity contribution >= 4 is 17.9 Å². The van der Waals surface area contributed by atoms with Gasteiger partial charge in [0.1, 0.15) is 13.2 Å². The number of allylic oxidation sites excluding steroid dienone is 14. The van der Waals surface area contributed by atoms with Gasteiger partial charge in [0, 0.05) is 19.3 Å². The molecule has 0 aliphatic carbocycles. The molecule has 0 saturated heterocycles. The molecule has 0 aliphatic heterocycles. The number of rotatable bonds is 57. The highest BCUT2D eigenvalue weighted by Gasteiger charge is 2.19. The van der Waals surface area contributed by atoms with E-state index in [1.54, 1.807) is 0 Å². The quantitative estimate of drug-likeness (QED) is 0.0261. The number of esters is 3. The third-order valence-electron chi connectivity index (χ3n) is 13.6. The van der Waals surface area contributed by atoms with Crippen LogP contribution in [0.3, 0.4) is 0 Å². The molecule has 0 aliphatic rings. The van der Waals surface area contributed by atoms with E-state index in [-0.39, 0.29) is 31.6 Å². The molecule has 0 N–H and O–H groups in total. The lowest BCUT2D eigenvalue weighted by molar-refractivity contribution is -0.166. The number of unbranched alkanes of at least 4 members (excludes halogenated alkanes) is 32. The van der Waals surface area contributed by atoms with Crippen molar-refractivity contribution in [1.29, 1.82) is 0 Å². The second-order valence-electron chi connectivity index (χ2n) is 20.9. The minimum Gasteiger partial charge on any atom is -0.462 e. The maximum atomic E-state index is 12.8. The summed E-state index contributed by atoms with van der Waals surface area (Å²) in [6.45, 7) is 6.42. The summed E-state index contributed by atoms with van der Waals surface area (Å²) in [4.78, 5) is 38.1. The van der Waals surface area contributed by atoms with Crippen molar-refractivity contribution in [3.8, 4) is 0 Å². The largest absolute Gasteiger partial charge is 0.462 e. The van der Waals surface area contributed by atoms with E-state index in [1.165, 1.54) is 167 Å². The minimum absolute atomic E-state index is 0.107. The molecular weight excluding hydrogens is 913 g/mol. The number of carbonyl (C=O) groups excluding carboxylic acids is 3. The Morgan fingerprint density at radius 1 is 0.284 bits per heavy atom. The van der Waals surface area contributed by atoms with E-state index in [0.717, 1.165) is 96.3 Å². The molecular formula is C68H118O6. The Kier molecular flexibility index (Phi) is 59.3. The molecule has 0 saturated carbocycles. The average molecular weight is 1030 g/mol. The Labute approximate surface area is 458 Å². The van der Waals surface area contributed by atoms with Crippen molar-refractivity contribution in [1.82, 2.24) is 0 Å². The van der Waals surface area contributed by atoms with Crippen LogP contribution in [0.2, 0.25) is 0 Å². The van der Waals surface area contributed by atoms with Gasteiger partial charge in [0.05, 0.1) is 0 Å². The van der Waals surface area contributed by atoms with Gasteiger partial charge in [0.25, 0.3) is 0 Å². The van der Waals surface area contributed by atoms with Gasteiger partial charge in [0.15, 0.2) is 6.10 Å². The second-order valence-corrected chi connectivity index (χ2v) is 20.9. The summed E-state index contributed by atoms with van der Waals surface area (Å²) >= 11 is 0. The van der Waals surface area contributed by atoms with Gasteiger partial charge in [-0.05, 0) is 77.0 Å². The van der Waals surface area contributed by atoms with E-state index >= 15 is 0 Å². The topological polar surface area (TPSA) is 78.9 Å². The molecule has 0 aromatic heterocycles. The standard InChI is InChI=1S/C68H118O6/c1-4-7-10-13-16-19-22-24-26-28-30-31-32-33-34-35-36-37-39-40-42-44-46-49-52-55-58-61-67(70)73-64-65(63-72-66(69)60-57-54-51-48-21-18-15-12-9-6-3)74-68(71)62-59-56-53-50-47-45-43-41-38-29-27-25-23-20-17-14-11-8-5-2/h8,11-12,15,17,20,25,27,38,41,45,47,53,56,65H,4-7,9-10,13-14,16,18-19,21-24,26,28-37,39-40,42-44,46,48-52,54-55,57-64H2,1-3H3/b11-8-,15-12-,20-17-,27-25-,41-38-,47-45-,56-53-. The lowest BCUT2D eigenvalue weighted by Crippen LogP contribution is -2.30. The van der Waals surface area contributed by atoms with Crippen molar-refractivity contribution in [2.45, 2.75) is 316 Å². The van der Waals surface area contributed by atoms with Crippen LogP contribution >= 0.6 is 0 Å². The molecule has 0 aromatic carbocycles. The summed E-state index contributed by atoms with van der Waals surface area (Å²) in [7, 11) is 0. The van der Waals surface area contributed by atoms with E-state index in [4.69, 9.17) is 14.2 Å². The van der Waals surface area contributed by atoms with Crippen molar-refractivity contribution in [3.05, 3.63) is 85.1 Å². The molecule has 0 amide bonds. The van der Waals surface area contributed by atoms with Crippen molar-refractivity contribution in [2.75, 3.05) is 13.2 Å². The van der Waals surface area contributed by atoms with E-state index < -0.39 is 12.1 Å². The Balaban J connectivity index is 4.26. The van der Waals surface area contributed by atoms with E-state index in [9.17, 15) is 14.4 Å². The number of hydrogen-bond donors (Lipinski definition) is 0. The molecule has 0 aromatic rings. The molecule has 74 heavy (non-hydrogen) atoms. The van der Waals surface area contributed by atoms with Gasteiger partial charge >= 0.3 is 17.9 Å². The van der Waals surface area contributed by atoms with E-state index in [1.807, 2.05) is 6.08 Å². The zero-order chi connectivity index (χ0) is 53.6. The van der Waals surface area contributed by atoms with Crippen molar-refractivity contribution in [2.24, 2.45) is 0 Å². The van der Waals surface area contributed by atoms with Crippen LogP contribution < -0.4 is 0 Å². The summed E-state index contributed by atoms with van der Waals surface area (Å²) in [5.74, 6) is -0.994. The summed E-state index contributed by atoms with van der Waals surface area (Å²) in [6, 6.07) is 0. The first-order valence-electron chi connectivity index (χ1n) is 31.6. The Hall–Kier alpha value is -3.41. The predicted octanol–water partition coefficient (Wildman–Crippen LogP) is 21.5. The third-order valence-corrected chi connectivity index (χ3v) is 13.6. The highest BCUT2D eigenvalue weighted by molar-refractivity contribution is 5.71. The van der Waals surface area contributed by atoms with E-state index in [2.05, 4.69) is 99.8 Å². The smallest absolute Gasteiger partial charge is 0.306 e. The van der Waals surface area contributed by atoms with Gasteiger partial charge in [-0.1, -0.05) is 298 Å². The van der Waals surface area contributed by atoms with Crippen LogP contribution in [-0.2, 0) is 28.6 Å². The van der Waals surface area contributed by atoms with Gasteiger partial charge in [-0.2, -0.15) is 0 Å². The zero-order valence-electron chi connectivity index (χ0n) is 48.8. The molecule has 6 heteroatoms. The zero-order valence-corrected chi connectivity index (χ0v) is 48.8. The maximum Gasteiger partial charge on any atom is 0.306 e. The van der Waals surface area contributed by atoms with Crippen LogP contribution in [0.4, 0.5) is 0 Å². The van der Waals surface area contributed by atoms with Crippen LogP contribution in [0, 0.1) is 0 Å². The van der Waals surface area contributed by atoms with Crippen LogP contribution in [0.25, 0.3) is 0 Å². The molecule has 0 rings (SSSR count). The van der Waals surface area contributed by atoms with Gasteiger partial charge < -0.3 is 14.2 Å². The lowest BCUT2D eigenvalue weighted by Gasteiger charge is -2.18. The fourth-order valence-electron chi connectivity index (χ4n) is 8.94. The summed E-state index contributed by atoms with van der Waals surface area (Å²) in [5.41, 5.74) is 0. The second kappa shape index (κ2) is 62.1. The van der Waals surface area contributed by atoms with Gasteiger partial charge in [-0.3, -0.25) is 14.4 Å². The number of carbonyl (C=O) groups is 3.